The van der Waals surface area contributed by atoms with Crippen molar-refractivity contribution in [1.29, 1.82) is 0 Å². The second-order valence-electron chi connectivity index (χ2n) is 8.22. The predicted octanol–water partition coefficient (Wildman–Crippen LogP) is 4.15. The van der Waals surface area contributed by atoms with Crippen molar-refractivity contribution < 1.29 is 9.32 Å². The highest BCUT2D eigenvalue weighted by atomic mass is 16.5. The van der Waals surface area contributed by atoms with E-state index in [0.29, 0.717) is 23.4 Å². The fourth-order valence-corrected chi connectivity index (χ4v) is 3.82. The lowest BCUT2D eigenvalue weighted by Crippen LogP contribution is -2.25. The van der Waals surface area contributed by atoms with Gasteiger partial charge in [0.1, 0.15) is 6.26 Å². The smallest absolute Gasteiger partial charge is 0.258 e. The van der Waals surface area contributed by atoms with Gasteiger partial charge in [-0.15, -0.1) is 0 Å². The monoisotopic (exact) mass is 413 g/mol. The van der Waals surface area contributed by atoms with Crippen LogP contribution in [0.2, 0.25) is 0 Å². The summed E-state index contributed by atoms with van der Waals surface area (Å²) in [6.07, 6.45) is 5.82. The van der Waals surface area contributed by atoms with Gasteiger partial charge in [-0.3, -0.25) is 9.59 Å². The first-order chi connectivity index (χ1) is 15.1. The predicted molar refractivity (Wildman–Crippen MR) is 119 cm³/mol. The van der Waals surface area contributed by atoms with Gasteiger partial charge in [-0.05, 0) is 72.5 Å². The Balaban J connectivity index is 1.40. The first-order valence-electron chi connectivity index (χ1n) is 10.5. The molecule has 0 atom stereocenters. The zero-order chi connectivity index (χ0) is 21.4. The minimum Gasteiger partial charge on any atom is -0.364 e. The summed E-state index contributed by atoms with van der Waals surface area (Å²) in [6, 6.07) is 15.1. The molecular weight excluding hydrogens is 390 g/mol. The topological polar surface area (TPSA) is 77.1 Å². The van der Waals surface area contributed by atoms with Gasteiger partial charge in [-0.1, -0.05) is 23.4 Å². The van der Waals surface area contributed by atoms with E-state index in [4.69, 9.17) is 4.52 Å². The lowest BCUT2D eigenvalue weighted by Gasteiger charge is -2.10. The fourth-order valence-electron chi connectivity index (χ4n) is 3.82. The molecule has 1 N–H and O–H groups in total. The standard InChI is InChI=1S/C25H23N3O3/c1-16-23(15-31-27-16)19-7-8-22-20(12-19)9-10-28(25(22)30)14-18-3-2-4-21(11-18)24(29)26-13-17-5-6-17/h2-4,7-12,15,17H,5-6,13-14H2,1H3,(H,26,29). The third kappa shape index (κ3) is 4.01. The first kappa shape index (κ1) is 19.3. The number of carbonyl (C=O) groups is 1. The van der Waals surface area contributed by atoms with Crippen LogP contribution in [0.1, 0.15) is 34.5 Å². The largest absolute Gasteiger partial charge is 0.364 e. The Kier molecular flexibility index (Phi) is 4.90. The molecule has 31 heavy (non-hydrogen) atoms. The summed E-state index contributed by atoms with van der Waals surface area (Å²) in [7, 11) is 0. The zero-order valence-corrected chi connectivity index (χ0v) is 17.3. The van der Waals surface area contributed by atoms with Crippen LogP contribution in [0.15, 0.2) is 70.3 Å². The second kappa shape index (κ2) is 7.87. The van der Waals surface area contributed by atoms with E-state index in [1.54, 1.807) is 17.0 Å². The van der Waals surface area contributed by atoms with Crippen molar-refractivity contribution in [2.24, 2.45) is 5.92 Å². The number of benzene rings is 2. The summed E-state index contributed by atoms with van der Waals surface area (Å²) in [5, 5.41) is 8.43. The third-order valence-electron chi connectivity index (χ3n) is 5.83. The van der Waals surface area contributed by atoms with E-state index >= 15 is 0 Å². The Labute approximate surface area is 179 Å². The summed E-state index contributed by atoms with van der Waals surface area (Å²) in [4.78, 5) is 25.4. The van der Waals surface area contributed by atoms with Crippen molar-refractivity contribution >= 4 is 16.7 Å². The fraction of sp³-hybridized carbons (Fsp3) is 0.240. The van der Waals surface area contributed by atoms with Gasteiger partial charge in [0.25, 0.3) is 11.5 Å². The highest BCUT2D eigenvalue weighted by molar-refractivity contribution is 5.94. The lowest BCUT2D eigenvalue weighted by molar-refractivity contribution is 0.0951. The number of rotatable bonds is 6. The summed E-state index contributed by atoms with van der Waals surface area (Å²) >= 11 is 0. The van der Waals surface area contributed by atoms with Gasteiger partial charge in [-0.2, -0.15) is 0 Å². The number of amides is 1. The van der Waals surface area contributed by atoms with Crippen LogP contribution in [0.5, 0.6) is 0 Å². The molecule has 6 nitrogen and oxygen atoms in total. The minimum atomic E-state index is -0.0605. The van der Waals surface area contributed by atoms with Crippen molar-refractivity contribution in [2.75, 3.05) is 6.54 Å². The van der Waals surface area contributed by atoms with Crippen molar-refractivity contribution in [3.63, 3.8) is 0 Å². The molecule has 0 radical (unpaired) electrons. The quantitative estimate of drug-likeness (QED) is 0.515. The number of hydrogen-bond donors (Lipinski definition) is 1. The SMILES string of the molecule is Cc1nocc1-c1ccc2c(=O)n(Cc3cccc(C(=O)NCC4CC4)c3)ccc2c1. The molecule has 0 saturated heterocycles. The Bertz CT molecular complexity index is 1330. The summed E-state index contributed by atoms with van der Waals surface area (Å²) in [5.41, 5.74) is 4.18. The molecule has 1 saturated carbocycles. The molecule has 0 bridgehead atoms. The molecule has 2 aromatic heterocycles. The Hall–Kier alpha value is -3.67. The number of hydrogen-bond acceptors (Lipinski definition) is 4. The number of carbonyl (C=O) groups excluding carboxylic acids is 1. The van der Waals surface area contributed by atoms with E-state index < -0.39 is 0 Å². The molecule has 1 fully saturated rings. The van der Waals surface area contributed by atoms with E-state index in [9.17, 15) is 9.59 Å². The van der Waals surface area contributed by atoms with Gasteiger partial charge < -0.3 is 14.4 Å². The van der Waals surface area contributed by atoms with Gasteiger partial charge in [0.2, 0.25) is 0 Å². The van der Waals surface area contributed by atoms with Gasteiger partial charge in [0, 0.05) is 29.3 Å². The molecule has 4 aromatic rings. The number of nitrogens with zero attached hydrogens (tertiary/aromatic N) is 2. The van der Waals surface area contributed by atoms with Crippen LogP contribution in [0, 0.1) is 12.8 Å². The Morgan fingerprint density at radius 3 is 2.84 bits per heavy atom. The minimum absolute atomic E-state index is 0.0591. The molecule has 1 amide bonds. The van der Waals surface area contributed by atoms with E-state index in [1.807, 2.05) is 55.5 Å². The van der Waals surface area contributed by atoms with Crippen molar-refractivity contribution in [3.8, 4) is 11.1 Å². The van der Waals surface area contributed by atoms with Crippen LogP contribution in [0.25, 0.3) is 21.9 Å². The summed E-state index contributed by atoms with van der Waals surface area (Å²) in [6.45, 7) is 3.04. The normalized spacial score (nSPS) is 13.5. The maximum atomic E-state index is 13.1. The molecule has 2 aromatic carbocycles. The van der Waals surface area contributed by atoms with E-state index in [2.05, 4.69) is 10.5 Å². The maximum absolute atomic E-state index is 13.1. The average molecular weight is 413 g/mol. The molecule has 0 spiro atoms. The molecule has 2 heterocycles. The molecule has 6 heteroatoms. The maximum Gasteiger partial charge on any atom is 0.258 e. The molecule has 156 valence electrons. The molecule has 1 aliphatic carbocycles. The van der Waals surface area contributed by atoms with Gasteiger partial charge in [0.15, 0.2) is 0 Å². The lowest BCUT2D eigenvalue weighted by atomic mass is 10.0. The molecule has 5 rings (SSSR count). The second-order valence-corrected chi connectivity index (χ2v) is 8.22. The Morgan fingerprint density at radius 1 is 1.19 bits per heavy atom. The highest BCUT2D eigenvalue weighted by Crippen LogP contribution is 2.28. The summed E-state index contributed by atoms with van der Waals surface area (Å²) < 4.78 is 6.71. The van der Waals surface area contributed by atoms with Crippen molar-refractivity contribution in [3.05, 3.63) is 88.2 Å². The number of pyridine rings is 1. The van der Waals surface area contributed by atoms with Crippen LogP contribution in [-0.4, -0.2) is 22.2 Å². The molecule has 0 aliphatic heterocycles. The molecule has 0 unspecified atom stereocenters. The van der Waals surface area contributed by atoms with Crippen LogP contribution in [0.4, 0.5) is 0 Å². The molecular formula is C25H23N3O3. The van der Waals surface area contributed by atoms with Crippen LogP contribution < -0.4 is 10.9 Å². The van der Waals surface area contributed by atoms with Gasteiger partial charge in [0.05, 0.1) is 12.2 Å². The highest BCUT2D eigenvalue weighted by Gasteiger charge is 2.21. The van der Waals surface area contributed by atoms with Crippen LogP contribution >= 0.6 is 0 Å². The third-order valence-corrected chi connectivity index (χ3v) is 5.83. The van der Waals surface area contributed by atoms with Gasteiger partial charge >= 0.3 is 0 Å². The number of nitrogens with one attached hydrogen (secondary N) is 1. The Morgan fingerprint density at radius 2 is 2.06 bits per heavy atom. The van der Waals surface area contributed by atoms with Crippen molar-refractivity contribution in [1.82, 2.24) is 15.0 Å². The number of aryl methyl sites for hydroxylation is 1. The summed E-state index contributed by atoms with van der Waals surface area (Å²) in [5.74, 6) is 0.577. The molecule has 1 aliphatic rings. The average Bonchev–Trinajstić information content (AvgIpc) is 3.52. The van der Waals surface area contributed by atoms with Gasteiger partial charge in [-0.25, -0.2) is 0 Å². The van der Waals surface area contributed by atoms with Crippen molar-refractivity contribution in [2.45, 2.75) is 26.3 Å². The number of aromatic nitrogens is 2. The van der Waals surface area contributed by atoms with Crippen LogP contribution in [-0.2, 0) is 6.54 Å². The van der Waals surface area contributed by atoms with E-state index in [0.717, 1.165) is 34.3 Å². The van der Waals surface area contributed by atoms with E-state index in [1.165, 1.54) is 12.8 Å². The number of fused-ring (bicyclic) bond motifs is 1. The van der Waals surface area contributed by atoms with E-state index in [-0.39, 0.29) is 11.5 Å². The zero-order valence-electron chi connectivity index (χ0n) is 17.3. The first-order valence-corrected chi connectivity index (χ1v) is 10.5. The van der Waals surface area contributed by atoms with Crippen LogP contribution in [0.3, 0.4) is 0 Å².